The largest absolute Gasteiger partial charge is 0.370 e. The summed E-state index contributed by atoms with van der Waals surface area (Å²) < 4.78 is 33.6. The van der Waals surface area contributed by atoms with Crippen LogP contribution in [0.4, 0.5) is 8.78 Å². The Morgan fingerprint density at radius 1 is 1.18 bits per heavy atom. The number of hydrogen-bond donors (Lipinski definition) is 0. The van der Waals surface area contributed by atoms with Crippen LogP contribution in [0.2, 0.25) is 0 Å². The molecule has 2 aromatic heterocycles. The number of ether oxygens (including phenoxy) is 1. The molecule has 0 amide bonds. The van der Waals surface area contributed by atoms with Crippen molar-refractivity contribution >= 4 is 5.65 Å². The minimum absolute atomic E-state index is 0.0368. The van der Waals surface area contributed by atoms with E-state index in [9.17, 15) is 13.6 Å². The van der Waals surface area contributed by atoms with Crippen LogP contribution in [0, 0.1) is 11.6 Å². The SMILES string of the molecule is O=c1c2c(nc3ccnc(-c4ccc(F)cc4F)n13)COC2. The number of hydrogen-bond acceptors (Lipinski definition) is 4. The first-order valence-electron chi connectivity index (χ1n) is 6.58. The van der Waals surface area contributed by atoms with Crippen molar-refractivity contribution in [3.05, 3.63) is 63.7 Å². The average Bonchev–Trinajstić information content (AvgIpc) is 2.95. The fraction of sp³-hybridized carbons (Fsp3) is 0.133. The van der Waals surface area contributed by atoms with Gasteiger partial charge < -0.3 is 4.74 Å². The predicted molar refractivity (Wildman–Crippen MR) is 73.1 cm³/mol. The van der Waals surface area contributed by atoms with Crippen molar-refractivity contribution < 1.29 is 13.5 Å². The second-order valence-electron chi connectivity index (χ2n) is 4.92. The van der Waals surface area contributed by atoms with Gasteiger partial charge in [-0.1, -0.05) is 0 Å². The van der Waals surface area contributed by atoms with E-state index < -0.39 is 11.6 Å². The Bertz CT molecular complexity index is 969. The summed E-state index contributed by atoms with van der Waals surface area (Å²) in [4.78, 5) is 21.0. The molecule has 1 aromatic carbocycles. The number of fused-ring (bicyclic) bond motifs is 2. The van der Waals surface area contributed by atoms with E-state index in [1.165, 1.54) is 16.7 Å². The quantitative estimate of drug-likeness (QED) is 0.690. The van der Waals surface area contributed by atoms with Crippen molar-refractivity contribution in [2.24, 2.45) is 0 Å². The zero-order valence-electron chi connectivity index (χ0n) is 11.2. The first-order valence-corrected chi connectivity index (χ1v) is 6.58. The van der Waals surface area contributed by atoms with Crippen LogP contribution in [-0.4, -0.2) is 14.4 Å². The zero-order chi connectivity index (χ0) is 15.3. The van der Waals surface area contributed by atoms with Gasteiger partial charge in [0.05, 0.1) is 30.0 Å². The van der Waals surface area contributed by atoms with E-state index in [0.29, 0.717) is 16.9 Å². The lowest BCUT2D eigenvalue weighted by atomic mass is 10.2. The van der Waals surface area contributed by atoms with Gasteiger partial charge >= 0.3 is 0 Å². The van der Waals surface area contributed by atoms with Gasteiger partial charge in [-0.15, -0.1) is 0 Å². The Kier molecular flexibility index (Phi) is 2.77. The monoisotopic (exact) mass is 301 g/mol. The number of benzene rings is 1. The molecule has 0 unspecified atom stereocenters. The second-order valence-corrected chi connectivity index (χ2v) is 4.92. The van der Waals surface area contributed by atoms with Crippen LogP contribution >= 0.6 is 0 Å². The molecule has 0 radical (unpaired) electrons. The third kappa shape index (κ3) is 1.82. The molecule has 7 heteroatoms. The lowest BCUT2D eigenvalue weighted by molar-refractivity contribution is 0.133. The lowest BCUT2D eigenvalue weighted by Crippen LogP contribution is -2.22. The van der Waals surface area contributed by atoms with Crippen LogP contribution in [0.25, 0.3) is 17.0 Å². The van der Waals surface area contributed by atoms with Crippen molar-refractivity contribution in [3.8, 4) is 11.4 Å². The molecule has 3 heterocycles. The third-order valence-corrected chi connectivity index (χ3v) is 3.58. The third-order valence-electron chi connectivity index (χ3n) is 3.58. The van der Waals surface area contributed by atoms with Crippen molar-refractivity contribution in [1.29, 1.82) is 0 Å². The van der Waals surface area contributed by atoms with E-state index in [4.69, 9.17) is 4.74 Å². The molecule has 110 valence electrons. The van der Waals surface area contributed by atoms with Gasteiger partial charge in [-0.25, -0.2) is 23.1 Å². The maximum Gasteiger partial charge on any atom is 0.265 e. The molecule has 5 nitrogen and oxygen atoms in total. The normalized spacial score (nSPS) is 13.5. The Morgan fingerprint density at radius 2 is 2.05 bits per heavy atom. The molecule has 0 spiro atoms. The van der Waals surface area contributed by atoms with Crippen molar-refractivity contribution in [2.45, 2.75) is 13.2 Å². The number of nitrogens with zero attached hydrogens (tertiary/aromatic N) is 3. The summed E-state index contributed by atoms with van der Waals surface area (Å²) >= 11 is 0. The predicted octanol–water partition coefficient (Wildman–Crippen LogP) is 2.06. The summed E-state index contributed by atoms with van der Waals surface area (Å²) in [5.41, 5.74) is 1.07. The topological polar surface area (TPSA) is 56.5 Å². The summed E-state index contributed by atoms with van der Waals surface area (Å²) in [6.07, 6.45) is 1.43. The molecule has 22 heavy (non-hydrogen) atoms. The minimum Gasteiger partial charge on any atom is -0.370 e. The molecule has 0 aliphatic carbocycles. The lowest BCUT2D eigenvalue weighted by Gasteiger charge is -2.09. The van der Waals surface area contributed by atoms with Crippen LogP contribution in [0.1, 0.15) is 11.3 Å². The summed E-state index contributed by atoms with van der Waals surface area (Å²) in [6.45, 7) is 0.452. The van der Waals surface area contributed by atoms with Gasteiger partial charge in [0.25, 0.3) is 5.56 Å². The number of rotatable bonds is 1. The van der Waals surface area contributed by atoms with Crippen LogP contribution in [0.5, 0.6) is 0 Å². The van der Waals surface area contributed by atoms with E-state index in [2.05, 4.69) is 9.97 Å². The fourth-order valence-corrected chi connectivity index (χ4v) is 2.54. The molecule has 0 saturated carbocycles. The van der Waals surface area contributed by atoms with Gasteiger partial charge in [0.1, 0.15) is 17.3 Å². The van der Waals surface area contributed by atoms with E-state index in [1.807, 2.05) is 0 Å². The van der Waals surface area contributed by atoms with E-state index in [-0.39, 0.29) is 30.2 Å². The second kappa shape index (κ2) is 4.67. The van der Waals surface area contributed by atoms with Crippen molar-refractivity contribution in [3.63, 3.8) is 0 Å². The van der Waals surface area contributed by atoms with E-state index in [1.54, 1.807) is 6.07 Å². The van der Waals surface area contributed by atoms with Gasteiger partial charge in [-0.2, -0.15) is 0 Å². The minimum atomic E-state index is -0.788. The molecule has 3 aromatic rings. The molecular weight excluding hydrogens is 292 g/mol. The van der Waals surface area contributed by atoms with E-state index >= 15 is 0 Å². The highest BCUT2D eigenvalue weighted by Crippen LogP contribution is 2.22. The Balaban J connectivity index is 2.09. The molecule has 0 fully saturated rings. The van der Waals surface area contributed by atoms with Gasteiger partial charge in [-0.3, -0.25) is 4.79 Å². The van der Waals surface area contributed by atoms with Crippen molar-refractivity contribution in [2.75, 3.05) is 0 Å². The Hall–Kier alpha value is -2.67. The van der Waals surface area contributed by atoms with Gasteiger partial charge in [-0.05, 0) is 18.2 Å². The summed E-state index contributed by atoms with van der Waals surface area (Å²) in [5.74, 6) is -1.40. The number of aromatic nitrogens is 3. The van der Waals surface area contributed by atoms with Crippen molar-refractivity contribution in [1.82, 2.24) is 14.4 Å². The molecule has 1 aliphatic rings. The molecule has 1 aliphatic heterocycles. The van der Waals surface area contributed by atoms with E-state index in [0.717, 1.165) is 12.1 Å². The Morgan fingerprint density at radius 3 is 2.86 bits per heavy atom. The van der Waals surface area contributed by atoms with Gasteiger partial charge in [0, 0.05) is 12.3 Å². The molecule has 4 rings (SSSR count). The first kappa shape index (κ1) is 13.0. The molecular formula is C15H9F2N3O2. The van der Waals surface area contributed by atoms with Crippen LogP contribution in [0.3, 0.4) is 0 Å². The summed E-state index contributed by atoms with van der Waals surface area (Å²) in [5, 5.41) is 0. The van der Waals surface area contributed by atoms with Gasteiger partial charge in [0.2, 0.25) is 0 Å². The highest BCUT2D eigenvalue weighted by molar-refractivity contribution is 5.60. The maximum atomic E-state index is 14.0. The average molecular weight is 301 g/mol. The first-order chi connectivity index (χ1) is 10.6. The molecule has 0 atom stereocenters. The molecule has 0 saturated heterocycles. The van der Waals surface area contributed by atoms with Crippen LogP contribution in [0.15, 0.2) is 35.3 Å². The maximum absolute atomic E-state index is 14.0. The summed E-state index contributed by atoms with van der Waals surface area (Å²) in [6, 6.07) is 4.69. The molecule has 0 N–H and O–H groups in total. The highest BCUT2D eigenvalue weighted by atomic mass is 19.1. The van der Waals surface area contributed by atoms with Gasteiger partial charge in [0.15, 0.2) is 5.82 Å². The van der Waals surface area contributed by atoms with Crippen LogP contribution < -0.4 is 5.56 Å². The number of halogens is 2. The highest BCUT2D eigenvalue weighted by Gasteiger charge is 2.21. The smallest absolute Gasteiger partial charge is 0.265 e. The summed E-state index contributed by atoms with van der Waals surface area (Å²) in [7, 11) is 0. The standard InChI is InChI=1S/C15H9F2N3O2/c16-8-1-2-9(11(17)5-8)14-18-4-3-13-19-12-7-22-6-10(12)15(21)20(13)14/h1-5H,6-7H2. The fourth-order valence-electron chi connectivity index (χ4n) is 2.54. The zero-order valence-corrected chi connectivity index (χ0v) is 11.2. The molecule has 0 bridgehead atoms. The van der Waals surface area contributed by atoms with Crippen LogP contribution in [-0.2, 0) is 18.0 Å². The Labute approximate surface area is 122 Å².